The Morgan fingerprint density at radius 2 is 0.426 bits per heavy atom. The molecule has 0 heterocycles. The van der Waals surface area contributed by atoms with Crippen molar-refractivity contribution in [2.24, 2.45) is 0 Å². The molecule has 0 aromatic heterocycles. The summed E-state index contributed by atoms with van der Waals surface area (Å²) in [6.07, 6.45) is 59.5. The maximum absolute atomic E-state index is 13.1. The second kappa shape index (κ2) is 69.5. The van der Waals surface area contributed by atoms with Crippen molar-refractivity contribution in [1.82, 2.24) is 0 Å². The SMILES string of the molecule is CCCCCCCCCCCCCCCCCC(=O)OC[C@H](COP(=O)(O)OC[C@@H](O)COP(=O)(O)OC[C@@H](COC(=O)CCCCCCCCCCC)OC(=O)CCCCCCCCCCCCCCCCC)OC(=O)CCCCCCCCCCCCCCCCC. The van der Waals surface area contributed by atoms with Crippen LogP contribution in [0.4, 0.5) is 0 Å². The van der Waals surface area contributed by atoms with Gasteiger partial charge in [0.25, 0.3) is 0 Å². The first-order chi connectivity index (χ1) is 45.7. The van der Waals surface area contributed by atoms with Crippen molar-refractivity contribution in [3.05, 3.63) is 0 Å². The third-order valence-electron chi connectivity index (χ3n) is 17.6. The van der Waals surface area contributed by atoms with Gasteiger partial charge in [-0.05, 0) is 25.7 Å². The molecule has 558 valence electrons. The Morgan fingerprint density at radius 3 is 0.628 bits per heavy atom. The zero-order valence-electron chi connectivity index (χ0n) is 60.9. The van der Waals surface area contributed by atoms with Crippen LogP contribution in [0.15, 0.2) is 0 Å². The molecule has 2 unspecified atom stereocenters. The van der Waals surface area contributed by atoms with Gasteiger partial charge in [-0.2, -0.15) is 0 Å². The number of unbranched alkanes of at least 4 members (excludes halogenated alkanes) is 50. The van der Waals surface area contributed by atoms with Gasteiger partial charge in [-0.25, -0.2) is 9.13 Å². The number of ether oxygens (including phenoxy) is 4. The average Bonchev–Trinajstić information content (AvgIpc) is 1.94. The lowest BCUT2D eigenvalue weighted by Gasteiger charge is -2.21. The predicted molar refractivity (Wildman–Crippen MR) is 382 cm³/mol. The fraction of sp³-hybridized carbons (Fsp3) is 0.947. The lowest BCUT2D eigenvalue weighted by molar-refractivity contribution is -0.161. The summed E-state index contributed by atoms with van der Waals surface area (Å²) in [6, 6.07) is 0. The van der Waals surface area contributed by atoms with E-state index in [2.05, 4.69) is 27.7 Å². The van der Waals surface area contributed by atoms with Crippen LogP contribution in [0.3, 0.4) is 0 Å². The summed E-state index contributed by atoms with van der Waals surface area (Å²) in [5.74, 6) is -2.11. The molecule has 0 aliphatic heterocycles. The van der Waals surface area contributed by atoms with E-state index in [-0.39, 0.29) is 25.7 Å². The summed E-state index contributed by atoms with van der Waals surface area (Å²) < 4.78 is 68.5. The van der Waals surface area contributed by atoms with Crippen LogP contribution in [0.5, 0.6) is 0 Å². The van der Waals surface area contributed by atoms with Gasteiger partial charge >= 0.3 is 39.5 Å². The third-order valence-corrected chi connectivity index (χ3v) is 19.5. The third kappa shape index (κ3) is 68.6. The fourth-order valence-electron chi connectivity index (χ4n) is 11.6. The molecule has 94 heavy (non-hydrogen) atoms. The smallest absolute Gasteiger partial charge is 0.462 e. The predicted octanol–water partition coefficient (Wildman–Crippen LogP) is 22.2. The summed E-state index contributed by atoms with van der Waals surface area (Å²) in [7, 11) is -9.91. The first kappa shape index (κ1) is 92.1. The molecule has 3 N–H and O–H groups in total. The van der Waals surface area contributed by atoms with E-state index in [1.165, 1.54) is 231 Å². The van der Waals surface area contributed by atoms with Gasteiger partial charge < -0.3 is 33.8 Å². The highest BCUT2D eigenvalue weighted by molar-refractivity contribution is 7.47. The second-order valence-corrected chi connectivity index (χ2v) is 29.9. The molecular formula is C75H146O17P2. The van der Waals surface area contributed by atoms with Gasteiger partial charge in [0.2, 0.25) is 0 Å². The van der Waals surface area contributed by atoms with Crippen LogP contribution < -0.4 is 0 Å². The molecule has 17 nitrogen and oxygen atoms in total. The molecule has 5 atom stereocenters. The number of carbonyl (C=O) groups is 4. The van der Waals surface area contributed by atoms with Crippen molar-refractivity contribution < 1.29 is 80.2 Å². The molecule has 0 aliphatic carbocycles. The topological polar surface area (TPSA) is 237 Å². The van der Waals surface area contributed by atoms with E-state index in [0.717, 1.165) is 89.9 Å². The van der Waals surface area contributed by atoms with E-state index >= 15 is 0 Å². The maximum atomic E-state index is 13.1. The van der Waals surface area contributed by atoms with Crippen molar-refractivity contribution >= 4 is 39.5 Å². The number of aliphatic hydroxyl groups excluding tert-OH is 1. The Bertz CT molecular complexity index is 1790. The maximum Gasteiger partial charge on any atom is 0.472 e. The summed E-state index contributed by atoms with van der Waals surface area (Å²) in [6.45, 7) is 4.98. The van der Waals surface area contributed by atoms with E-state index in [0.29, 0.717) is 25.7 Å². The molecule has 0 aliphatic rings. The van der Waals surface area contributed by atoms with Crippen LogP contribution in [0.2, 0.25) is 0 Å². The monoisotopic (exact) mass is 1380 g/mol. The van der Waals surface area contributed by atoms with Crippen molar-refractivity contribution in [2.75, 3.05) is 39.6 Å². The summed E-state index contributed by atoms with van der Waals surface area (Å²) in [5, 5.41) is 10.6. The lowest BCUT2D eigenvalue weighted by Crippen LogP contribution is -2.30. The quantitative estimate of drug-likeness (QED) is 0.0222. The Hall–Kier alpha value is -1.94. The number of phosphoric acid groups is 2. The van der Waals surface area contributed by atoms with Gasteiger partial charge in [-0.15, -0.1) is 0 Å². The zero-order chi connectivity index (χ0) is 69.0. The Labute approximate surface area is 575 Å². The standard InChI is InChI=1S/C75H146O17P2/c1-5-9-13-17-21-25-28-31-34-37-40-44-48-52-56-60-73(78)86-66-71(92-75(80)62-58-54-50-46-42-39-36-33-30-27-23-19-15-11-7-3)68-90-94(83,84)88-64-69(76)63-87-93(81,82)89-67-70(65-85-72(77)59-55-51-47-43-24-20-16-12-8-4)91-74(79)61-57-53-49-45-41-38-35-32-29-26-22-18-14-10-6-2/h69-71,76H,5-68H2,1-4H3,(H,81,82)(H,83,84)/t69-,70+,71+/m0/s1. The fourth-order valence-corrected chi connectivity index (χ4v) is 13.2. The molecule has 0 aromatic carbocycles. The first-order valence-corrected chi connectivity index (χ1v) is 42.3. The van der Waals surface area contributed by atoms with Crippen LogP contribution in [0.1, 0.15) is 400 Å². The lowest BCUT2D eigenvalue weighted by atomic mass is 10.0. The number of hydrogen-bond acceptors (Lipinski definition) is 15. The Morgan fingerprint density at radius 1 is 0.255 bits per heavy atom. The zero-order valence-corrected chi connectivity index (χ0v) is 62.7. The van der Waals surface area contributed by atoms with Gasteiger partial charge in [0.15, 0.2) is 12.2 Å². The van der Waals surface area contributed by atoms with Crippen molar-refractivity contribution in [3.63, 3.8) is 0 Å². The minimum atomic E-state index is -4.95. The number of aliphatic hydroxyl groups is 1. The summed E-state index contributed by atoms with van der Waals surface area (Å²) in [5.41, 5.74) is 0. The molecule has 19 heteroatoms. The van der Waals surface area contributed by atoms with Crippen molar-refractivity contribution in [3.8, 4) is 0 Å². The van der Waals surface area contributed by atoms with Crippen LogP contribution in [0.25, 0.3) is 0 Å². The number of rotatable bonds is 76. The molecule has 0 amide bonds. The van der Waals surface area contributed by atoms with E-state index in [1.807, 2.05) is 0 Å². The minimum Gasteiger partial charge on any atom is -0.462 e. The Balaban J connectivity index is 5.23. The van der Waals surface area contributed by atoms with Gasteiger partial charge in [-0.3, -0.25) is 37.3 Å². The van der Waals surface area contributed by atoms with Gasteiger partial charge in [0, 0.05) is 25.7 Å². The molecule has 0 saturated heterocycles. The molecule has 0 radical (unpaired) electrons. The largest absolute Gasteiger partial charge is 0.472 e. The van der Waals surface area contributed by atoms with Gasteiger partial charge in [0.05, 0.1) is 26.4 Å². The van der Waals surface area contributed by atoms with Gasteiger partial charge in [0.1, 0.15) is 19.3 Å². The molecule has 0 fully saturated rings. The molecule has 0 rings (SSSR count). The number of carbonyl (C=O) groups excluding carboxylic acids is 4. The van der Waals surface area contributed by atoms with Crippen molar-refractivity contribution in [1.29, 1.82) is 0 Å². The van der Waals surface area contributed by atoms with Crippen LogP contribution in [0, 0.1) is 0 Å². The van der Waals surface area contributed by atoms with Crippen LogP contribution in [-0.4, -0.2) is 96.7 Å². The molecule has 0 bridgehead atoms. The molecule has 0 saturated carbocycles. The van der Waals surface area contributed by atoms with E-state index in [9.17, 15) is 43.2 Å². The molecule has 0 spiro atoms. The first-order valence-electron chi connectivity index (χ1n) is 39.3. The van der Waals surface area contributed by atoms with E-state index in [1.54, 1.807) is 0 Å². The summed E-state index contributed by atoms with van der Waals surface area (Å²) >= 11 is 0. The van der Waals surface area contributed by atoms with Crippen LogP contribution in [-0.2, 0) is 65.4 Å². The number of esters is 4. The second-order valence-electron chi connectivity index (χ2n) is 27.0. The Kier molecular flexibility index (Phi) is 68.1. The van der Waals surface area contributed by atoms with E-state index < -0.39 is 97.5 Å². The summed E-state index contributed by atoms with van der Waals surface area (Å²) in [4.78, 5) is 72.7. The highest BCUT2D eigenvalue weighted by Gasteiger charge is 2.30. The molecule has 0 aromatic rings. The normalized spacial score (nSPS) is 13.9. The van der Waals surface area contributed by atoms with Gasteiger partial charge in [-0.1, -0.05) is 349 Å². The molecular weight excluding hydrogens is 1230 g/mol. The van der Waals surface area contributed by atoms with Crippen molar-refractivity contribution in [2.45, 2.75) is 418 Å². The highest BCUT2D eigenvalue weighted by atomic mass is 31.2. The number of hydrogen-bond donors (Lipinski definition) is 3. The minimum absolute atomic E-state index is 0.109. The number of phosphoric ester groups is 2. The highest BCUT2D eigenvalue weighted by Crippen LogP contribution is 2.45. The van der Waals surface area contributed by atoms with E-state index in [4.69, 9.17) is 37.0 Å². The average molecular weight is 1380 g/mol. The van der Waals surface area contributed by atoms with Crippen LogP contribution >= 0.6 is 15.6 Å².